The molecule has 1 unspecified atom stereocenters. The van der Waals surface area contributed by atoms with Gasteiger partial charge in [-0.25, -0.2) is 4.98 Å². The Morgan fingerprint density at radius 2 is 2.29 bits per heavy atom. The first-order chi connectivity index (χ1) is 8.31. The molecule has 2 heterocycles. The lowest BCUT2D eigenvalue weighted by Gasteiger charge is -2.22. The first-order valence-electron chi connectivity index (χ1n) is 6.19. The minimum Gasteiger partial charge on any atom is -0.342 e. The molecule has 0 spiro atoms. The number of hydrogen-bond acceptors (Lipinski definition) is 2. The molecule has 1 aliphatic heterocycles. The molecule has 1 atom stereocenters. The monoisotopic (exact) mass is 249 g/mol. The van der Waals surface area contributed by atoms with E-state index in [2.05, 4.69) is 15.3 Å². The van der Waals surface area contributed by atoms with Gasteiger partial charge in [-0.1, -0.05) is 18.0 Å². The topological polar surface area (TPSA) is 40.7 Å². The van der Waals surface area contributed by atoms with Gasteiger partial charge in [0.25, 0.3) is 0 Å². The molecule has 0 aliphatic carbocycles. The predicted octanol–water partition coefficient (Wildman–Crippen LogP) is 2.90. The zero-order valence-electron chi connectivity index (χ0n) is 9.67. The molecule has 1 aromatic heterocycles. The Kier molecular flexibility index (Phi) is 3.04. The van der Waals surface area contributed by atoms with Crippen LogP contribution in [0.3, 0.4) is 0 Å². The Morgan fingerprint density at radius 3 is 3.12 bits per heavy atom. The van der Waals surface area contributed by atoms with Gasteiger partial charge in [-0.05, 0) is 37.6 Å². The van der Waals surface area contributed by atoms with Crippen LogP contribution in [0, 0.1) is 0 Å². The van der Waals surface area contributed by atoms with E-state index in [1.165, 1.54) is 19.3 Å². The lowest BCUT2D eigenvalue weighted by molar-refractivity contribution is 0.395. The molecule has 3 rings (SSSR count). The van der Waals surface area contributed by atoms with Gasteiger partial charge in [-0.3, -0.25) is 0 Å². The van der Waals surface area contributed by atoms with Crippen molar-refractivity contribution in [2.45, 2.75) is 31.7 Å². The van der Waals surface area contributed by atoms with Crippen molar-refractivity contribution in [2.75, 3.05) is 6.54 Å². The number of fused-ring (bicyclic) bond motifs is 1. The summed E-state index contributed by atoms with van der Waals surface area (Å²) < 4.78 is 0. The van der Waals surface area contributed by atoms with Crippen LogP contribution in [0.5, 0.6) is 0 Å². The maximum absolute atomic E-state index is 5.96. The summed E-state index contributed by atoms with van der Waals surface area (Å²) in [5.41, 5.74) is 2.03. The molecular formula is C13H16ClN3. The molecule has 3 nitrogen and oxygen atoms in total. The Morgan fingerprint density at radius 1 is 1.35 bits per heavy atom. The number of aromatic nitrogens is 2. The molecule has 1 aliphatic rings. The Balaban J connectivity index is 1.80. The van der Waals surface area contributed by atoms with Gasteiger partial charge in [0.05, 0.1) is 11.0 Å². The third-order valence-electron chi connectivity index (χ3n) is 3.35. The Hall–Kier alpha value is -1.06. The van der Waals surface area contributed by atoms with E-state index in [9.17, 15) is 0 Å². The van der Waals surface area contributed by atoms with Gasteiger partial charge in [0.1, 0.15) is 5.82 Å². The van der Waals surface area contributed by atoms with Crippen molar-refractivity contribution < 1.29 is 0 Å². The summed E-state index contributed by atoms with van der Waals surface area (Å²) in [6.07, 6.45) is 4.85. The zero-order valence-corrected chi connectivity index (χ0v) is 10.4. The minimum absolute atomic E-state index is 0.569. The predicted molar refractivity (Wildman–Crippen MR) is 70.4 cm³/mol. The van der Waals surface area contributed by atoms with Crippen molar-refractivity contribution in [3.05, 3.63) is 29.0 Å². The van der Waals surface area contributed by atoms with E-state index in [1.54, 1.807) is 0 Å². The largest absolute Gasteiger partial charge is 0.342 e. The molecular weight excluding hydrogens is 234 g/mol. The average molecular weight is 250 g/mol. The number of benzene rings is 1. The Labute approximate surface area is 106 Å². The van der Waals surface area contributed by atoms with Crippen molar-refractivity contribution in [2.24, 2.45) is 0 Å². The number of rotatable bonds is 2. The molecule has 4 heteroatoms. The van der Waals surface area contributed by atoms with E-state index >= 15 is 0 Å². The molecule has 1 fully saturated rings. The second-order valence-corrected chi connectivity index (χ2v) is 5.13. The summed E-state index contributed by atoms with van der Waals surface area (Å²) in [6.45, 7) is 1.14. The fourth-order valence-electron chi connectivity index (χ4n) is 2.46. The fraction of sp³-hybridized carbons (Fsp3) is 0.462. The van der Waals surface area contributed by atoms with Crippen molar-refractivity contribution in [3.8, 4) is 0 Å². The van der Waals surface area contributed by atoms with Crippen LogP contribution in [0.4, 0.5) is 0 Å². The van der Waals surface area contributed by atoms with E-state index in [1.807, 2.05) is 18.2 Å². The SMILES string of the molecule is Clc1ccc2nc(CC3CCCCN3)[nH]c2c1. The van der Waals surface area contributed by atoms with Gasteiger partial charge in [0.2, 0.25) is 0 Å². The van der Waals surface area contributed by atoms with Crippen LogP contribution in [0.25, 0.3) is 11.0 Å². The standard InChI is InChI=1S/C13H16ClN3/c14-9-4-5-11-12(7-9)17-13(16-11)8-10-3-1-2-6-15-10/h4-5,7,10,15H,1-3,6,8H2,(H,16,17). The quantitative estimate of drug-likeness (QED) is 0.859. The summed E-state index contributed by atoms with van der Waals surface area (Å²) in [5, 5.41) is 4.29. The first-order valence-corrected chi connectivity index (χ1v) is 6.56. The normalized spacial score (nSPS) is 20.9. The van der Waals surface area contributed by atoms with Crippen molar-refractivity contribution in [1.29, 1.82) is 0 Å². The first kappa shape index (κ1) is 11.1. The molecule has 0 radical (unpaired) electrons. The maximum Gasteiger partial charge on any atom is 0.108 e. The van der Waals surface area contributed by atoms with Crippen molar-refractivity contribution in [3.63, 3.8) is 0 Å². The van der Waals surface area contributed by atoms with Crippen molar-refractivity contribution in [1.82, 2.24) is 15.3 Å². The van der Waals surface area contributed by atoms with Crippen LogP contribution < -0.4 is 5.32 Å². The van der Waals surface area contributed by atoms with Crippen LogP contribution in [-0.2, 0) is 6.42 Å². The molecule has 17 heavy (non-hydrogen) atoms. The van der Waals surface area contributed by atoms with Crippen LogP contribution in [0.2, 0.25) is 5.02 Å². The summed E-state index contributed by atoms with van der Waals surface area (Å²) in [4.78, 5) is 7.94. The highest BCUT2D eigenvalue weighted by Gasteiger charge is 2.14. The molecule has 0 saturated carbocycles. The zero-order chi connectivity index (χ0) is 11.7. The van der Waals surface area contributed by atoms with Gasteiger partial charge in [0, 0.05) is 17.5 Å². The van der Waals surface area contributed by atoms with Crippen molar-refractivity contribution >= 4 is 22.6 Å². The highest BCUT2D eigenvalue weighted by Crippen LogP contribution is 2.18. The van der Waals surface area contributed by atoms with Gasteiger partial charge < -0.3 is 10.3 Å². The molecule has 1 aromatic carbocycles. The molecule has 1 saturated heterocycles. The molecule has 0 amide bonds. The van der Waals surface area contributed by atoms with Gasteiger partial charge >= 0.3 is 0 Å². The highest BCUT2D eigenvalue weighted by atomic mass is 35.5. The van der Waals surface area contributed by atoms with Gasteiger partial charge in [-0.15, -0.1) is 0 Å². The lowest BCUT2D eigenvalue weighted by Crippen LogP contribution is -2.35. The van der Waals surface area contributed by atoms with Crippen LogP contribution >= 0.6 is 11.6 Å². The number of aromatic amines is 1. The summed E-state index contributed by atoms with van der Waals surface area (Å²) in [7, 11) is 0. The number of halogens is 1. The second-order valence-electron chi connectivity index (χ2n) is 4.70. The minimum atomic E-state index is 0.569. The highest BCUT2D eigenvalue weighted by molar-refractivity contribution is 6.31. The number of nitrogens with zero attached hydrogens (tertiary/aromatic N) is 1. The van der Waals surface area contributed by atoms with E-state index in [4.69, 9.17) is 11.6 Å². The number of nitrogens with one attached hydrogen (secondary N) is 2. The van der Waals surface area contributed by atoms with Crippen LogP contribution in [0.15, 0.2) is 18.2 Å². The maximum atomic E-state index is 5.96. The van der Waals surface area contributed by atoms with Crippen LogP contribution in [0.1, 0.15) is 25.1 Å². The number of piperidine rings is 1. The molecule has 2 N–H and O–H groups in total. The number of H-pyrrole nitrogens is 1. The molecule has 0 bridgehead atoms. The average Bonchev–Trinajstić information content (AvgIpc) is 2.71. The summed E-state index contributed by atoms with van der Waals surface area (Å²) in [5.74, 6) is 1.06. The van der Waals surface area contributed by atoms with Gasteiger partial charge in [-0.2, -0.15) is 0 Å². The third kappa shape index (κ3) is 2.45. The number of hydrogen-bond donors (Lipinski definition) is 2. The lowest BCUT2D eigenvalue weighted by atomic mass is 10.0. The molecule has 2 aromatic rings. The summed E-state index contributed by atoms with van der Waals surface area (Å²) >= 11 is 5.96. The summed E-state index contributed by atoms with van der Waals surface area (Å²) in [6, 6.07) is 6.35. The third-order valence-corrected chi connectivity index (χ3v) is 3.58. The fourth-order valence-corrected chi connectivity index (χ4v) is 2.64. The van der Waals surface area contributed by atoms with E-state index in [0.29, 0.717) is 6.04 Å². The van der Waals surface area contributed by atoms with E-state index in [0.717, 1.165) is 34.8 Å². The van der Waals surface area contributed by atoms with E-state index < -0.39 is 0 Å². The van der Waals surface area contributed by atoms with E-state index in [-0.39, 0.29) is 0 Å². The molecule has 90 valence electrons. The number of imidazole rings is 1. The smallest absolute Gasteiger partial charge is 0.108 e. The van der Waals surface area contributed by atoms with Gasteiger partial charge in [0.15, 0.2) is 0 Å². The Bertz CT molecular complexity index is 514. The van der Waals surface area contributed by atoms with Crippen LogP contribution in [-0.4, -0.2) is 22.6 Å². The second kappa shape index (κ2) is 4.67.